The Labute approximate surface area is 65.1 Å². The van der Waals surface area contributed by atoms with E-state index in [-0.39, 0.29) is 0 Å². The lowest BCUT2D eigenvalue weighted by Crippen LogP contribution is -2.30. The molecule has 11 heavy (non-hydrogen) atoms. The van der Waals surface area contributed by atoms with E-state index < -0.39 is 0 Å². The third-order valence-electron chi connectivity index (χ3n) is 1.69. The zero-order chi connectivity index (χ0) is 7.68. The van der Waals surface area contributed by atoms with Crippen LogP contribution in [0, 0.1) is 0 Å². The van der Waals surface area contributed by atoms with E-state index in [2.05, 4.69) is 27.5 Å². The van der Waals surface area contributed by atoms with Gasteiger partial charge in [0.05, 0.1) is 11.9 Å². The highest BCUT2D eigenvalue weighted by Crippen LogP contribution is 2.20. The van der Waals surface area contributed by atoms with E-state index in [1.807, 2.05) is 0 Å². The van der Waals surface area contributed by atoms with Crippen LogP contribution in [0.2, 0.25) is 0 Å². The van der Waals surface area contributed by atoms with E-state index in [4.69, 9.17) is 0 Å². The highest BCUT2D eigenvalue weighted by Gasteiger charge is 2.12. The molecule has 1 aromatic heterocycles. The standard InChI is InChI=1S/C7H10N4/c1-5-2-9-6-3-8-4-10-7(6)11-5/h3-5,9H,2H2,1H3,(H,8,10,11). The molecule has 0 spiro atoms. The molecule has 2 N–H and O–H groups in total. The van der Waals surface area contributed by atoms with E-state index in [0.717, 1.165) is 18.1 Å². The highest BCUT2D eigenvalue weighted by atomic mass is 15.1. The summed E-state index contributed by atoms with van der Waals surface area (Å²) in [7, 11) is 0. The largest absolute Gasteiger partial charge is 0.379 e. The molecule has 1 aromatic rings. The van der Waals surface area contributed by atoms with Crippen LogP contribution in [0.25, 0.3) is 0 Å². The van der Waals surface area contributed by atoms with Crippen LogP contribution in [0.1, 0.15) is 6.92 Å². The molecule has 0 radical (unpaired) electrons. The molecule has 2 rings (SSSR count). The van der Waals surface area contributed by atoms with Crippen LogP contribution in [0.5, 0.6) is 0 Å². The number of rotatable bonds is 0. The first-order chi connectivity index (χ1) is 5.36. The van der Waals surface area contributed by atoms with Crippen molar-refractivity contribution in [2.45, 2.75) is 13.0 Å². The summed E-state index contributed by atoms with van der Waals surface area (Å²) in [6.07, 6.45) is 3.33. The second-order valence-electron chi connectivity index (χ2n) is 2.71. The maximum atomic E-state index is 4.08. The van der Waals surface area contributed by atoms with E-state index >= 15 is 0 Å². The van der Waals surface area contributed by atoms with Crippen molar-refractivity contribution >= 4 is 11.5 Å². The quantitative estimate of drug-likeness (QED) is 0.571. The number of nitrogens with zero attached hydrogens (tertiary/aromatic N) is 2. The van der Waals surface area contributed by atoms with Crippen LogP contribution < -0.4 is 10.6 Å². The van der Waals surface area contributed by atoms with Gasteiger partial charge in [-0.25, -0.2) is 9.97 Å². The van der Waals surface area contributed by atoms with Gasteiger partial charge in [-0.3, -0.25) is 0 Å². The van der Waals surface area contributed by atoms with Crippen LogP contribution in [-0.2, 0) is 0 Å². The lowest BCUT2D eigenvalue weighted by atomic mass is 10.2. The van der Waals surface area contributed by atoms with Crippen LogP contribution in [0.15, 0.2) is 12.5 Å². The van der Waals surface area contributed by atoms with Crippen molar-refractivity contribution < 1.29 is 0 Å². The molecule has 4 nitrogen and oxygen atoms in total. The molecule has 0 saturated heterocycles. The molecule has 0 fully saturated rings. The van der Waals surface area contributed by atoms with Gasteiger partial charge in [0, 0.05) is 12.6 Å². The number of hydrogen-bond donors (Lipinski definition) is 2. The van der Waals surface area contributed by atoms with Crippen molar-refractivity contribution in [3.63, 3.8) is 0 Å². The normalized spacial score (nSPS) is 21.4. The van der Waals surface area contributed by atoms with Crippen LogP contribution >= 0.6 is 0 Å². The van der Waals surface area contributed by atoms with Crippen molar-refractivity contribution in [1.82, 2.24) is 9.97 Å². The monoisotopic (exact) mass is 150 g/mol. The minimum atomic E-state index is 0.442. The molecule has 1 atom stereocenters. The van der Waals surface area contributed by atoms with E-state index in [1.165, 1.54) is 0 Å². The van der Waals surface area contributed by atoms with Crippen LogP contribution in [0.4, 0.5) is 11.5 Å². The first-order valence-electron chi connectivity index (χ1n) is 3.66. The fourth-order valence-corrected chi connectivity index (χ4v) is 1.12. The summed E-state index contributed by atoms with van der Waals surface area (Å²) in [6, 6.07) is 0.442. The van der Waals surface area contributed by atoms with Gasteiger partial charge >= 0.3 is 0 Å². The zero-order valence-electron chi connectivity index (χ0n) is 6.33. The number of anilines is 2. The molecule has 1 aliphatic rings. The predicted octanol–water partition coefficient (Wildman–Crippen LogP) is 0.702. The Kier molecular flexibility index (Phi) is 1.38. The molecule has 0 aromatic carbocycles. The summed E-state index contributed by atoms with van der Waals surface area (Å²) in [4.78, 5) is 7.99. The topological polar surface area (TPSA) is 49.8 Å². The number of fused-ring (bicyclic) bond motifs is 1. The first-order valence-corrected chi connectivity index (χ1v) is 3.66. The van der Waals surface area contributed by atoms with Gasteiger partial charge in [-0.15, -0.1) is 0 Å². The van der Waals surface area contributed by atoms with Gasteiger partial charge in [0.15, 0.2) is 5.82 Å². The summed E-state index contributed by atoms with van der Waals surface area (Å²) in [5.74, 6) is 0.902. The number of nitrogens with one attached hydrogen (secondary N) is 2. The second kappa shape index (κ2) is 2.38. The summed E-state index contributed by atoms with van der Waals surface area (Å²) in [5, 5.41) is 6.47. The molecular formula is C7H10N4. The Balaban J connectivity index is 2.34. The van der Waals surface area contributed by atoms with Crippen LogP contribution in [0.3, 0.4) is 0 Å². The fourth-order valence-electron chi connectivity index (χ4n) is 1.12. The summed E-state index contributed by atoms with van der Waals surface area (Å²) in [5.41, 5.74) is 0.991. The maximum Gasteiger partial charge on any atom is 0.153 e. The first kappa shape index (κ1) is 6.39. The smallest absolute Gasteiger partial charge is 0.153 e. The Morgan fingerprint density at radius 2 is 2.55 bits per heavy atom. The molecule has 0 saturated carbocycles. The minimum Gasteiger partial charge on any atom is -0.379 e. The molecular weight excluding hydrogens is 140 g/mol. The van der Waals surface area contributed by atoms with Crippen molar-refractivity contribution in [2.24, 2.45) is 0 Å². The van der Waals surface area contributed by atoms with Crippen molar-refractivity contribution in [3.8, 4) is 0 Å². The van der Waals surface area contributed by atoms with Crippen molar-refractivity contribution in [1.29, 1.82) is 0 Å². The average molecular weight is 150 g/mol. The Morgan fingerprint density at radius 3 is 3.45 bits per heavy atom. The second-order valence-corrected chi connectivity index (χ2v) is 2.71. The Bertz CT molecular complexity index is 260. The van der Waals surface area contributed by atoms with E-state index in [0.29, 0.717) is 6.04 Å². The van der Waals surface area contributed by atoms with Gasteiger partial charge < -0.3 is 10.6 Å². The van der Waals surface area contributed by atoms with Gasteiger partial charge in [0.1, 0.15) is 6.33 Å². The maximum absolute atomic E-state index is 4.08. The predicted molar refractivity (Wildman–Crippen MR) is 43.6 cm³/mol. The molecule has 58 valence electrons. The van der Waals surface area contributed by atoms with Crippen LogP contribution in [-0.4, -0.2) is 22.6 Å². The SMILES string of the molecule is CC1CNc2cncnc2N1. The summed E-state index contributed by atoms with van der Waals surface area (Å²) < 4.78 is 0. The summed E-state index contributed by atoms with van der Waals surface area (Å²) >= 11 is 0. The van der Waals surface area contributed by atoms with Crippen molar-refractivity contribution in [2.75, 3.05) is 17.2 Å². The molecule has 0 amide bonds. The third-order valence-corrected chi connectivity index (χ3v) is 1.69. The highest BCUT2D eigenvalue weighted by molar-refractivity contribution is 5.65. The van der Waals surface area contributed by atoms with Gasteiger partial charge in [-0.2, -0.15) is 0 Å². The molecule has 1 aliphatic heterocycles. The lowest BCUT2D eigenvalue weighted by molar-refractivity contribution is 0.804. The number of aromatic nitrogens is 2. The Morgan fingerprint density at radius 1 is 1.64 bits per heavy atom. The van der Waals surface area contributed by atoms with E-state index in [9.17, 15) is 0 Å². The van der Waals surface area contributed by atoms with Gasteiger partial charge in [-0.05, 0) is 6.92 Å². The van der Waals surface area contributed by atoms with E-state index in [1.54, 1.807) is 12.5 Å². The molecule has 0 aliphatic carbocycles. The molecule has 2 heterocycles. The minimum absolute atomic E-state index is 0.442. The molecule has 4 heteroatoms. The lowest BCUT2D eigenvalue weighted by Gasteiger charge is -2.23. The number of hydrogen-bond acceptors (Lipinski definition) is 4. The van der Waals surface area contributed by atoms with Gasteiger partial charge in [0.2, 0.25) is 0 Å². The van der Waals surface area contributed by atoms with Gasteiger partial charge in [-0.1, -0.05) is 0 Å². The van der Waals surface area contributed by atoms with Gasteiger partial charge in [0.25, 0.3) is 0 Å². The zero-order valence-corrected chi connectivity index (χ0v) is 6.33. The fraction of sp³-hybridized carbons (Fsp3) is 0.429. The molecule has 0 bridgehead atoms. The summed E-state index contributed by atoms with van der Waals surface area (Å²) in [6.45, 7) is 3.04. The Hall–Kier alpha value is -1.32. The van der Waals surface area contributed by atoms with Crippen molar-refractivity contribution in [3.05, 3.63) is 12.5 Å². The average Bonchev–Trinajstić information content (AvgIpc) is 2.04. The molecule has 1 unspecified atom stereocenters. The third kappa shape index (κ3) is 1.11.